The van der Waals surface area contributed by atoms with Gasteiger partial charge < -0.3 is 20.7 Å². The molecule has 2 aromatic heterocycles. The minimum absolute atomic E-state index is 0.0592. The van der Waals surface area contributed by atoms with Crippen LogP contribution in [-0.4, -0.2) is 38.6 Å². The first-order valence-electron chi connectivity index (χ1n) is 10.1. The molecule has 3 heterocycles. The Morgan fingerprint density at radius 1 is 1.34 bits per heavy atom. The standard InChI is InChI=1S/C22H27N5O2/c1-12(2)8-16(11-28)26-22(29)15-5-4-14-9-19(27-18(14)10-15)17-6-7-23-21-20(17)24-13(3)25-21/h4-7,10,12,16,19,27-28H,8-9,11H2,1-3H3,(H,26,29)(H,23,24,25). The molecule has 29 heavy (non-hydrogen) atoms. The number of H-pyrrole nitrogens is 1. The summed E-state index contributed by atoms with van der Waals surface area (Å²) in [6, 6.07) is 7.59. The van der Waals surface area contributed by atoms with Crippen LogP contribution in [0.5, 0.6) is 0 Å². The Hall–Kier alpha value is -2.93. The summed E-state index contributed by atoms with van der Waals surface area (Å²) in [6.07, 6.45) is 3.37. The normalized spacial score (nSPS) is 16.7. The van der Waals surface area contributed by atoms with Gasteiger partial charge in [-0.05, 0) is 49.4 Å². The van der Waals surface area contributed by atoms with Crippen molar-refractivity contribution in [3.8, 4) is 0 Å². The maximum Gasteiger partial charge on any atom is 0.251 e. The van der Waals surface area contributed by atoms with E-state index in [4.69, 9.17) is 0 Å². The molecular formula is C22H27N5O2. The molecule has 1 aliphatic rings. The van der Waals surface area contributed by atoms with E-state index in [1.165, 1.54) is 5.56 Å². The third-order valence-corrected chi connectivity index (χ3v) is 5.35. The highest BCUT2D eigenvalue weighted by molar-refractivity contribution is 5.95. The van der Waals surface area contributed by atoms with Gasteiger partial charge in [-0.15, -0.1) is 0 Å². The Morgan fingerprint density at radius 2 is 2.17 bits per heavy atom. The summed E-state index contributed by atoms with van der Waals surface area (Å²) in [7, 11) is 0. The average Bonchev–Trinajstić information content (AvgIpc) is 3.28. The summed E-state index contributed by atoms with van der Waals surface area (Å²) >= 11 is 0. The summed E-state index contributed by atoms with van der Waals surface area (Å²) in [6.45, 7) is 6.01. The third-order valence-electron chi connectivity index (χ3n) is 5.35. The van der Waals surface area contributed by atoms with E-state index in [0.29, 0.717) is 11.5 Å². The second kappa shape index (κ2) is 7.83. The number of pyridine rings is 1. The number of aryl methyl sites for hydroxylation is 1. The molecule has 0 saturated heterocycles. The first kappa shape index (κ1) is 19.4. The average molecular weight is 393 g/mol. The number of nitrogens with one attached hydrogen (secondary N) is 3. The number of carbonyl (C=O) groups excluding carboxylic acids is 1. The fraction of sp³-hybridized carbons (Fsp3) is 0.409. The lowest BCUT2D eigenvalue weighted by molar-refractivity contribution is 0.0908. The molecule has 1 amide bonds. The van der Waals surface area contributed by atoms with Crippen LogP contribution in [0.1, 0.15) is 53.6 Å². The van der Waals surface area contributed by atoms with Crippen molar-refractivity contribution in [2.75, 3.05) is 11.9 Å². The van der Waals surface area contributed by atoms with Crippen molar-refractivity contribution in [3.63, 3.8) is 0 Å². The van der Waals surface area contributed by atoms with Gasteiger partial charge in [0.25, 0.3) is 5.91 Å². The number of amides is 1. The van der Waals surface area contributed by atoms with E-state index in [9.17, 15) is 9.90 Å². The maximum atomic E-state index is 12.7. The maximum absolute atomic E-state index is 12.7. The molecule has 4 N–H and O–H groups in total. The van der Waals surface area contributed by atoms with Crippen LogP contribution < -0.4 is 10.6 Å². The molecule has 7 heteroatoms. The van der Waals surface area contributed by atoms with Crippen molar-refractivity contribution in [3.05, 3.63) is 53.0 Å². The van der Waals surface area contributed by atoms with E-state index in [1.54, 1.807) is 6.20 Å². The second-order valence-corrected chi connectivity index (χ2v) is 8.18. The van der Waals surface area contributed by atoms with E-state index < -0.39 is 0 Å². The fourth-order valence-electron chi connectivity index (χ4n) is 4.02. The molecule has 0 radical (unpaired) electrons. The van der Waals surface area contributed by atoms with Crippen molar-refractivity contribution in [2.24, 2.45) is 5.92 Å². The van der Waals surface area contributed by atoms with Crippen molar-refractivity contribution >= 4 is 22.8 Å². The molecule has 2 unspecified atom stereocenters. The Kier molecular flexibility index (Phi) is 5.24. The smallest absolute Gasteiger partial charge is 0.251 e. The summed E-state index contributed by atoms with van der Waals surface area (Å²) in [4.78, 5) is 24.8. The van der Waals surface area contributed by atoms with Crippen LogP contribution in [0.4, 0.5) is 5.69 Å². The Labute approximate surface area is 170 Å². The SMILES string of the molecule is Cc1nc2c(C3Cc4ccc(C(=O)NC(CO)CC(C)C)cc4N3)ccnc2[nH]1. The van der Waals surface area contributed by atoms with Crippen molar-refractivity contribution < 1.29 is 9.90 Å². The Balaban J connectivity index is 1.53. The number of anilines is 1. The Bertz CT molecular complexity index is 1040. The molecule has 0 spiro atoms. The van der Waals surface area contributed by atoms with Crippen LogP contribution in [-0.2, 0) is 6.42 Å². The molecule has 0 bridgehead atoms. The van der Waals surface area contributed by atoms with Crippen LogP contribution in [0, 0.1) is 12.8 Å². The lowest BCUT2D eigenvalue weighted by Crippen LogP contribution is -2.38. The lowest BCUT2D eigenvalue weighted by Gasteiger charge is -2.18. The Morgan fingerprint density at radius 3 is 2.93 bits per heavy atom. The van der Waals surface area contributed by atoms with E-state index >= 15 is 0 Å². The van der Waals surface area contributed by atoms with Crippen LogP contribution >= 0.6 is 0 Å². The molecule has 152 valence electrons. The van der Waals surface area contributed by atoms with Gasteiger partial charge in [-0.2, -0.15) is 0 Å². The highest BCUT2D eigenvalue weighted by atomic mass is 16.3. The molecule has 7 nitrogen and oxygen atoms in total. The number of hydrogen-bond donors (Lipinski definition) is 4. The number of fused-ring (bicyclic) bond motifs is 2. The van der Waals surface area contributed by atoms with E-state index in [-0.39, 0.29) is 24.6 Å². The molecular weight excluding hydrogens is 366 g/mol. The number of rotatable bonds is 6. The van der Waals surface area contributed by atoms with Gasteiger partial charge in [-0.25, -0.2) is 9.97 Å². The second-order valence-electron chi connectivity index (χ2n) is 8.18. The van der Waals surface area contributed by atoms with Gasteiger partial charge >= 0.3 is 0 Å². The van der Waals surface area contributed by atoms with Crippen molar-refractivity contribution in [2.45, 2.75) is 45.7 Å². The fourth-order valence-corrected chi connectivity index (χ4v) is 4.02. The monoisotopic (exact) mass is 393 g/mol. The van der Waals surface area contributed by atoms with Gasteiger partial charge in [0, 0.05) is 23.0 Å². The summed E-state index contributed by atoms with van der Waals surface area (Å²) in [5, 5.41) is 16.0. The van der Waals surface area contributed by atoms with Gasteiger partial charge in [-0.1, -0.05) is 19.9 Å². The summed E-state index contributed by atoms with van der Waals surface area (Å²) in [5.74, 6) is 1.08. The molecule has 1 aliphatic heterocycles. The largest absolute Gasteiger partial charge is 0.394 e. The molecule has 4 rings (SSSR count). The number of aromatic amines is 1. The summed E-state index contributed by atoms with van der Waals surface area (Å²) < 4.78 is 0. The number of aromatic nitrogens is 3. The molecule has 0 fully saturated rings. The lowest BCUT2D eigenvalue weighted by atomic mass is 10.0. The summed E-state index contributed by atoms with van der Waals surface area (Å²) in [5.41, 5.74) is 5.49. The topological polar surface area (TPSA) is 103 Å². The number of hydrogen-bond acceptors (Lipinski definition) is 5. The van der Waals surface area contributed by atoms with Crippen molar-refractivity contribution in [1.29, 1.82) is 0 Å². The molecule has 0 saturated carbocycles. The number of benzene rings is 1. The molecule has 1 aromatic carbocycles. The minimum Gasteiger partial charge on any atom is -0.394 e. The number of aliphatic hydroxyl groups is 1. The van der Waals surface area contributed by atoms with E-state index in [1.807, 2.05) is 31.2 Å². The van der Waals surface area contributed by atoms with Crippen molar-refractivity contribution in [1.82, 2.24) is 20.3 Å². The van der Waals surface area contributed by atoms with Crippen LogP contribution in [0.3, 0.4) is 0 Å². The first-order chi connectivity index (χ1) is 13.9. The van der Waals surface area contributed by atoms with E-state index in [0.717, 1.165) is 41.1 Å². The molecule has 0 aliphatic carbocycles. The van der Waals surface area contributed by atoms with Gasteiger partial charge in [0.1, 0.15) is 11.3 Å². The van der Waals surface area contributed by atoms with Crippen LogP contribution in [0.15, 0.2) is 30.5 Å². The molecule has 3 aromatic rings. The predicted molar refractivity (Wildman–Crippen MR) is 113 cm³/mol. The van der Waals surface area contributed by atoms with Gasteiger partial charge in [0.05, 0.1) is 18.7 Å². The third kappa shape index (κ3) is 3.96. The highest BCUT2D eigenvalue weighted by Gasteiger charge is 2.26. The van der Waals surface area contributed by atoms with E-state index in [2.05, 4.69) is 39.4 Å². The first-order valence-corrected chi connectivity index (χ1v) is 10.1. The van der Waals surface area contributed by atoms with Gasteiger partial charge in [-0.3, -0.25) is 4.79 Å². The number of aliphatic hydroxyl groups excluding tert-OH is 1. The zero-order chi connectivity index (χ0) is 20.5. The zero-order valence-corrected chi connectivity index (χ0v) is 17.0. The highest BCUT2D eigenvalue weighted by Crippen LogP contribution is 2.36. The zero-order valence-electron chi connectivity index (χ0n) is 17.0. The van der Waals surface area contributed by atoms with Crippen LogP contribution in [0.25, 0.3) is 11.2 Å². The van der Waals surface area contributed by atoms with Gasteiger partial charge in [0.2, 0.25) is 0 Å². The number of imidazole rings is 1. The van der Waals surface area contributed by atoms with Crippen LogP contribution in [0.2, 0.25) is 0 Å². The van der Waals surface area contributed by atoms with Gasteiger partial charge in [0.15, 0.2) is 5.65 Å². The number of nitrogens with zero attached hydrogens (tertiary/aromatic N) is 2. The predicted octanol–water partition coefficient (Wildman–Crippen LogP) is 3.11. The molecule has 2 atom stereocenters. The minimum atomic E-state index is -0.232. The quantitative estimate of drug-likeness (QED) is 0.515. The number of carbonyl (C=O) groups is 1.